The summed E-state index contributed by atoms with van der Waals surface area (Å²) in [4.78, 5) is 34.4. The van der Waals surface area contributed by atoms with E-state index in [1.807, 2.05) is 69.3 Å². The number of ketones is 1. The second kappa shape index (κ2) is 11.0. The molecule has 1 aromatic heterocycles. The highest BCUT2D eigenvalue weighted by molar-refractivity contribution is 7.17. The largest absolute Gasteiger partial charge is 0.503 e. The molecule has 0 radical (unpaired) electrons. The highest BCUT2D eigenvalue weighted by atomic mass is 32.1. The number of benzene rings is 3. The van der Waals surface area contributed by atoms with Crippen molar-refractivity contribution >= 4 is 28.7 Å². The van der Waals surface area contributed by atoms with E-state index in [0.29, 0.717) is 44.9 Å². The summed E-state index contributed by atoms with van der Waals surface area (Å²) < 4.78 is 11.3. The molecule has 0 fully saturated rings. The van der Waals surface area contributed by atoms with Crippen molar-refractivity contribution in [2.24, 2.45) is 0 Å². The van der Waals surface area contributed by atoms with Gasteiger partial charge in [0.05, 0.1) is 35.9 Å². The lowest BCUT2D eigenvalue weighted by Gasteiger charge is -2.28. The third-order valence-corrected chi connectivity index (χ3v) is 7.97. The van der Waals surface area contributed by atoms with Crippen LogP contribution in [0.5, 0.6) is 11.5 Å². The third kappa shape index (κ3) is 4.86. The maximum Gasteiger partial charge on any atom is 0.294 e. The standard InChI is InChI=1S/C32H30N2O5S/c1-6-39-25-17-22(12-13-24(25)38-5)27-26(29(36)32(37)34(27)23-15-18(2)14-19(3)16-23)28(35)30-20(4)33-31(40-30)21-10-8-7-9-11-21/h7-17,27,36H,6H2,1-5H3. The van der Waals surface area contributed by atoms with Crippen LogP contribution in [0.3, 0.4) is 0 Å². The molecule has 1 aliphatic rings. The van der Waals surface area contributed by atoms with Crippen molar-refractivity contribution in [2.45, 2.75) is 33.7 Å². The summed E-state index contributed by atoms with van der Waals surface area (Å²) in [6.07, 6.45) is 0. The fourth-order valence-electron chi connectivity index (χ4n) is 5.07. The smallest absolute Gasteiger partial charge is 0.294 e. The number of hydrogen-bond acceptors (Lipinski definition) is 7. The van der Waals surface area contributed by atoms with Crippen molar-refractivity contribution in [1.82, 2.24) is 4.98 Å². The molecule has 8 heteroatoms. The number of aromatic nitrogens is 1. The molecule has 1 atom stereocenters. The Morgan fingerprint density at radius 3 is 2.35 bits per heavy atom. The Hall–Kier alpha value is -4.43. The minimum Gasteiger partial charge on any atom is -0.503 e. The zero-order valence-electron chi connectivity index (χ0n) is 23.0. The predicted octanol–water partition coefficient (Wildman–Crippen LogP) is 6.93. The normalized spacial score (nSPS) is 15.1. The lowest BCUT2D eigenvalue weighted by molar-refractivity contribution is -0.117. The third-order valence-electron chi connectivity index (χ3n) is 6.76. The maximum absolute atomic E-state index is 14.2. The van der Waals surface area contributed by atoms with Crippen LogP contribution in [0.15, 0.2) is 78.1 Å². The van der Waals surface area contributed by atoms with Gasteiger partial charge in [-0.05, 0) is 68.7 Å². The van der Waals surface area contributed by atoms with Gasteiger partial charge in [-0.2, -0.15) is 0 Å². The molecule has 0 saturated carbocycles. The molecule has 0 bridgehead atoms. The first-order valence-corrected chi connectivity index (χ1v) is 13.8. The summed E-state index contributed by atoms with van der Waals surface area (Å²) >= 11 is 1.25. The molecule has 0 aliphatic carbocycles. The van der Waals surface area contributed by atoms with Crippen LogP contribution in [0.1, 0.15) is 45.0 Å². The first kappa shape index (κ1) is 27.1. The number of rotatable bonds is 8. The first-order chi connectivity index (χ1) is 19.2. The average molecular weight is 555 g/mol. The van der Waals surface area contributed by atoms with Gasteiger partial charge in [0.1, 0.15) is 5.01 Å². The topological polar surface area (TPSA) is 89.0 Å². The number of hydrogen-bond donors (Lipinski definition) is 1. The van der Waals surface area contributed by atoms with E-state index in [-0.39, 0.29) is 5.57 Å². The molecular formula is C32H30N2O5S. The Kier molecular flexibility index (Phi) is 7.45. The number of carbonyl (C=O) groups is 2. The Balaban J connectivity index is 1.68. The molecule has 3 aromatic carbocycles. The summed E-state index contributed by atoms with van der Waals surface area (Å²) in [6, 6.07) is 19.7. The van der Waals surface area contributed by atoms with E-state index >= 15 is 0 Å². The monoisotopic (exact) mass is 554 g/mol. The minimum atomic E-state index is -0.895. The number of Topliss-reactive ketones (excluding diaryl/α,β-unsaturated/α-hetero) is 1. The second-order valence-corrected chi connectivity index (χ2v) is 10.7. The van der Waals surface area contributed by atoms with Crippen LogP contribution in [-0.2, 0) is 4.79 Å². The van der Waals surface area contributed by atoms with E-state index in [9.17, 15) is 14.7 Å². The Bertz CT molecular complexity index is 1620. The fraction of sp³-hybridized carbons (Fsp3) is 0.219. The summed E-state index contributed by atoms with van der Waals surface area (Å²) in [5, 5.41) is 12.0. The van der Waals surface area contributed by atoms with Gasteiger partial charge in [-0.15, -0.1) is 11.3 Å². The molecule has 0 saturated heterocycles. The van der Waals surface area contributed by atoms with Gasteiger partial charge in [-0.1, -0.05) is 42.5 Å². The highest BCUT2D eigenvalue weighted by Crippen LogP contribution is 2.45. The van der Waals surface area contributed by atoms with Crippen LogP contribution in [0.4, 0.5) is 5.69 Å². The number of amides is 1. The van der Waals surface area contributed by atoms with Gasteiger partial charge >= 0.3 is 0 Å². The molecule has 1 unspecified atom stereocenters. The Labute approximate surface area is 237 Å². The van der Waals surface area contributed by atoms with Crippen LogP contribution in [0, 0.1) is 20.8 Å². The SMILES string of the molecule is CCOc1cc(C2C(C(=O)c3sc(-c4ccccc4)nc3C)=C(O)C(=O)N2c2cc(C)cc(C)c2)ccc1OC. The van der Waals surface area contributed by atoms with E-state index in [1.54, 1.807) is 32.2 Å². The van der Waals surface area contributed by atoms with Gasteiger partial charge in [0.25, 0.3) is 5.91 Å². The Morgan fingerprint density at radius 2 is 1.70 bits per heavy atom. The lowest BCUT2D eigenvalue weighted by Crippen LogP contribution is -2.31. The van der Waals surface area contributed by atoms with Crippen LogP contribution >= 0.6 is 11.3 Å². The molecule has 0 spiro atoms. The van der Waals surface area contributed by atoms with Crippen molar-refractivity contribution in [3.63, 3.8) is 0 Å². The van der Waals surface area contributed by atoms with Crippen molar-refractivity contribution < 1.29 is 24.2 Å². The lowest BCUT2D eigenvalue weighted by atomic mass is 9.94. The summed E-state index contributed by atoms with van der Waals surface area (Å²) in [6.45, 7) is 7.92. The van der Waals surface area contributed by atoms with E-state index in [2.05, 4.69) is 4.98 Å². The summed E-state index contributed by atoms with van der Waals surface area (Å²) in [7, 11) is 1.55. The van der Waals surface area contributed by atoms with E-state index in [1.165, 1.54) is 16.2 Å². The number of methoxy groups -OCH3 is 1. The molecule has 1 N–H and O–H groups in total. The number of nitrogens with zero attached hydrogens (tertiary/aromatic N) is 2. The van der Waals surface area contributed by atoms with E-state index in [0.717, 1.165) is 16.7 Å². The predicted molar refractivity (Wildman–Crippen MR) is 157 cm³/mol. The van der Waals surface area contributed by atoms with E-state index < -0.39 is 23.5 Å². The molecule has 5 rings (SSSR count). The van der Waals surface area contributed by atoms with Crippen molar-refractivity contribution in [3.05, 3.63) is 105 Å². The number of anilines is 1. The van der Waals surface area contributed by atoms with Gasteiger partial charge in [-0.25, -0.2) is 4.98 Å². The van der Waals surface area contributed by atoms with Gasteiger partial charge in [-0.3, -0.25) is 14.5 Å². The highest BCUT2D eigenvalue weighted by Gasteiger charge is 2.45. The van der Waals surface area contributed by atoms with Crippen molar-refractivity contribution in [2.75, 3.05) is 18.6 Å². The van der Waals surface area contributed by atoms with Crippen LogP contribution in [-0.4, -0.2) is 35.5 Å². The van der Waals surface area contributed by atoms with Crippen molar-refractivity contribution in [1.29, 1.82) is 0 Å². The van der Waals surface area contributed by atoms with E-state index in [4.69, 9.17) is 9.47 Å². The van der Waals surface area contributed by atoms with Gasteiger partial charge in [0, 0.05) is 11.3 Å². The molecule has 40 heavy (non-hydrogen) atoms. The minimum absolute atomic E-state index is 0.00290. The average Bonchev–Trinajstić information content (AvgIpc) is 3.45. The van der Waals surface area contributed by atoms with Crippen LogP contribution in [0.2, 0.25) is 0 Å². The summed E-state index contributed by atoms with van der Waals surface area (Å²) in [5.74, 6) is -0.642. The van der Waals surface area contributed by atoms with Gasteiger partial charge < -0.3 is 14.6 Å². The van der Waals surface area contributed by atoms with Crippen LogP contribution < -0.4 is 14.4 Å². The van der Waals surface area contributed by atoms with Gasteiger partial charge in [0.2, 0.25) is 5.78 Å². The van der Waals surface area contributed by atoms with Crippen LogP contribution in [0.25, 0.3) is 10.6 Å². The quantitative estimate of drug-likeness (QED) is 0.238. The maximum atomic E-state index is 14.2. The number of aryl methyl sites for hydroxylation is 3. The number of ether oxygens (including phenoxy) is 2. The molecule has 7 nitrogen and oxygen atoms in total. The molecule has 1 aliphatic heterocycles. The molecular weight excluding hydrogens is 524 g/mol. The number of thiazole rings is 1. The van der Waals surface area contributed by atoms with Gasteiger partial charge in [0.15, 0.2) is 17.3 Å². The van der Waals surface area contributed by atoms with Crippen molar-refractivity contribution in [3.8, 4) is 22.1 Å². The Morgan fingerprint density at radius 1 is 1.00 bits per heavy atom. The number of aliphatic hydroxyl groups is 1. The molecule has 2 heterocycles. The zero-order chi connectivity index (χ0) is 28.6. The first-order valence-electron chi connectivity index (χ1n) is 13.0. The zero-order valence-corrected chi connectivity index (χ0v) is 23.8. The fourth-order valence-corrected chi connectivity index (χ4v) is 6.10. The molecule has 204 valence electrons. The summed E-state index contributed by atoms with van der Waals surface area (Å²) in [5.41, 5.74) is 4.53. The number of carbonyl (C=O) groups excluding carboxylic acids is 2. The number of aliphatic hydroxyl groups excluding tert-OH is 1. The molecule has 1 amide bonds. The second-order valence-electron chi connectivity index (χ2n) is 9.66. The molecule has 4 aromatic rings.